The zero-order valence-electron chi connectivity index (χ0n) is 18.3. The molecule has 0 spiro atoms. The van der Waals surface area contributed by atoms with E-state index in [1.807, 2.05) is 44.6 Å². The summed E-state index contributed by atoms with van der Waals surface area (Å²) in [5.41, 5.74) is 2.10. The maximum atomic E-state index is 8.97. The maximum absolute atomic E-state index is 8.97. The van der Waals surface area contributed by atoms with Crippen molar-refractivity contribution in [3.8, 4) is 6.19 Å². The van der Waals surface area contributed by atoms with Crippen LogP contribution in [-0.4, -0.2) is 43.8 Å². The van der Waals surface area contributed by atoms with Crippen LogP contribution >= 0.6 is 11.8 Å². The molecule has 164 valence electrons. The summed E-state index contributed by atoms with van der Waals surface area (Å²) in [5.74, 6) is 5.03. The van der Waals surface area contributed by atoms with Gasteiger partial charge < -0.3 is 19.1 Å². The molecule has 0 bridgehead atoms. The fraction of sp³-hybridized carbons (Fsp3) is 0.391. The van der Waals surface area contributed by atoms with E-state index in [4.69, 9.17) is 14.1 Å². The Hall–Kier alpha value is -2.89. The van der Waals surface area contributed by atoms with Gasteiger partial charge in [0.05, 0.1) is 12.3 Å². The first kappa shape index (κ1) is 22.8. The Labute approximate surface area is 187 Å². The molecule has 0 saturated carbocycles. The minimum atomic E-state index is 0.487. The topological polar surface area (TPSA) is 89.7 Å². The lowest BCUT2D eigenvalue weighted by atomic mass is 10.2. The summed E-state index contributed by atoms with van der Waals surface area (Å²) in [6.07, 6.45) is 2.61. The van der Waals surface area contributed by atoms with Crippen LogP contribution in [0.5, 0.6) is 0 Å². The number of nitriles is 1. The number of thioether (sulfide) groups is 1. The summed E-state index contributed by atoms with van der Waals surface area (Å²) in [6.45, 7) is 4.11. The van der Waals surface area contributed by atoms with E-state index < -0.39 is 0 Å². The van der Waals surface area contributed by atoms with Gasteiger partial charge in [-0.1, -0.05) is 11.6 Å². The lowest BCUT2D eigenvalue weighted by Crippen LogP contribution is -2.36. The van der Waals surface area contributed by atoms with Crippen LogP contribution in [0.3, 0.4) is 0 Å². The lowest BCUT2D eigenvalue weighted by molar-refractivity contribution is 0.344. The second-order valence-electron chi connectivity index (χ2n) is 7.56. The third-order valence-electron chi connectivity index (χ3n) is 4.50. The van der Waals surface area contributed by atoms with Crippen molar-refractivity contribution in [3.63, 3.8) is 0 Å². The number of aryl methyl sites for hydroxylation is 1. The van der Waals surface area contributed by atoms with Crippen molar-refractivity contribution in [1.82, 2.24) is 15.5 Å². The van der Waals surface area contributed by atoms with Crippen LogP contribution in [-0.2, 0) is 18.7 Å². The average Bonchev–Trinajstić information content (AvgIpc) is 3.33. The van der Waals surface area contributed by atoms with Gasteiger partial charge in [-0.05, 0) is 51.4 Å². The summed E-state index contributed by atoms with van der Waals surface area (Å²) in [5, 5.41) is 15.9. The minimum absolute atomic E-state index is 0.487. The van der Waals surface area contributed by atoms with Crippen LogP contribution in [0.25, 0.3) is 11.0 Å². The molecule has 2 N–H and O–H groups in total. The lowest BCUT2D eigenvalue weighted by Gasteiger charge is -2.07. The van der Waals surface area contributed by atoms with Gasteiger partial charge in [0.25, 0.3) is 0 Å². The molecule has 0 atom stereocenters. The second-order valence-corrected chi connectivity index (χ2v) is 8.66. The molecular weight excluding hydrogens is 410 g/mol. The van der Waals surface area contributed by atoms with Crippen LogP contribution in [0.4, 0.5) is 0 Å². The third kappa shape index (κ3) is 7.39. The van der Waals surface area contributed by atoms with Gasteiger partial charge in [0.15, 0.2) is 6.19 Å². The summed E-state index contributed by atoms with van der Waals surface area (Å²) in [4.78, 5) is 6.54. The van der Waals surface area contributed by atoms with E-state index in [9.17, 15) is 0 Å². The van der Waals surface area contributed by atoms with Crippen molar-refractivity contribution < 1.29 is 8.83 Å². The Morgan fingerprint density at radius 2 is 1.97 bits per heavy atom. The van der Waals surface area contributed by atoms with E-state index >= 15 is 0 Å². The standard InChI is InChI=1S/C23H29N5O2S/c1-17-4-7-22-18(12-17)13-19(30-22)8-9-25-23(27-16-24)26-10-11-31-15-21-6-5-20(29-21)14-28(2)3/h4-7,12-13H,8-11,14-15H2,1-3H3,(H2,25,26,27). The predicted octanol–water partition coefficient (Wildman–Crippen LogP) is 3.89. The Kier molecular flexibility index (Phi) is 8.44. The van der Waals surface area contributed by atoms with Gasteiger partial charge in [0, 0.05) is 30.6 Å². The minimum Gasteiger partial charge on any atom is -0.464 e. The quantitative estimate of drug-likeness (QED) is 0.163. The molecule has 2 heterocycles. The van der Waals surface area contributed by atoms with E-state index in [0.717, 1.165) is 46.3 Å². The number of guanidine groups is 1. The Balaban J connectivity index is 1.40. The van der Waals surface area contributed by atoms with Gasteiger partial charge in [0.2, 0.25) is 5.96 Å². The van der Waals surface area contributed by atoms with E-state index in [1.54, 1.807) is 11.8 Å². The average molecular weight is 440 g/mol. The summed E-state index contributed by atoms with van der Waals surface area (Å²) < 4.78 is 11.7. The molecule has 2 aromatic heterocycles. The number of furan rings is 2. The molecule has 0 unspecified atom stereocenters. The number of benzene rings is 1. The van der Waals surface area contributed by atoms with Gasteiger partial charge in [0.1, 0.15) is 22.9 Å². The number of rotatable bonds is 10. The van der Waals surface area contributed by atoms with Crippen molar-refractivity contribution >= 4 is 28.7 Å². The molecule has 1 aromatic carbocycles. The molecule has 0 amide bonds. The number of aliphatic imine (C=N–C) groups is 1. The molecule has 0 radical (unpaired) electrons. The smallest absolute Gasteiger partial charge is 0.204 e. The second kappa shape index (κ2) is 11.5. The highest BCUT2D eigenvalue weighted by Crippen LogP contribution is 2.21. The molecule has 7 nitrogen and oxygen atoms in total. The number of hydrogen-bond donors (Lipinski definition) is 2. The summed E-state index contributed by atoms with van der Waals surface area (Å²) in [7, 11) is 4.04. The zero-order valence-corrected chi connectivity index (χ0v) is 19.1. The van der Waals surface area contributed by atoms with E-state index in [2.05, 4.69) is 39.6 Å². The van der Waals surface area contributed by atoms with Gasteiger partial charge >= 0.3 is 0 Å². The molecule has 0 fully saturated rings. The molecule has 0 aliphatic rings. The normalized spacial score (nSPS) is 11.8. The largest absolute Gasteiger partial charge is 0.464 e. The Bertz CT molecular complexity index is 1050. The predicted molar refractivity (Wildman–Crippen MR) is 126 cm³/mol. The van der Waals surface area contributed by atoms with Crippen LogP contribution in [0.2, 0.25) is 0 Å². The summed E-state index contributed by atoms with van der Waals surface area (Å²) >= 11 is 1.77. The molecule has 0 aliphatic heterocycles. The monoisotopic (exact) mass is 439 g/mol. The van der Waals surface area contributed by atoms with Crippen LogP contribution in [0, 0.1) is 18.4 Å². The first-order valence-corrected chi connectivity index (χ1v) is 11.4. The van der Waals surface area contributed by atoms with Crippen molar-refractivity contribution in [3.05, 3.63) is 59.2 Å². The fourth-order valence-corrected chi connectivity index (χ4v) is 3.87. The molecule has 31 heavy (non-hydrogen) atoms. The molecule has 3 aromatic rings. The number of hydrogen-bond acceptors (Lipinski definition) is 6. The van der Waals surface area contributed by atoms with E-state index in [0.29, 0.717) is 25.5 Å². The highest BCUT2D eigenvalue weighted by atomic mass is 32.2. The SMILES string of the molecule is Cc1ccc2oc(CC/N=C(\NC#N)NCCSCc3ccc(CN(C)C)o3)cc2c1. The highest BCUT2D eigenvalue weighted by Gasteiger charge is 2.05. The van der Waals surface area contributed by atoms with Gasteiger partial charge in [-0.25, -0.2) is 0 Å². The molecule has 0 aliphatic carbocycles. The zero-order chi connectivity index (χ0) is 22.1. The van der Waals surface area contributed by atoms with Crippen LogP contribution < -0.4 is 10.6 Å². The number of nitrogens with zero attached hydrogens (tertiary/aromatic N) is 3. The molecule has 0 saturated heterocycles. The van der Waals surface area contributed by atoms with Crippen molar-refractivity contribution in [2.75, 3.05) is 32.9 Å². The first-order chi connectivity index (χ1) is 15.0. The Morgan fingerprint density at radius 3 is 2.77 bits per heavy atom. The van der Waals surface area contributed by atoms with E-state index in [1.165, 1.54) is 5.56 Å². The summed E-state index contributed by atoms with van der Waals surface area (Å²) in [6, 6.07) is 12.3. The molecule has 3 rings (SSSR count). The fourth-order valence-electron chi connectivity index (χ4n) is 3.12. The Morgan fingerprint density at radius 1 is 1.13 bits per heavy atom. The highest BCUT2D eigenvalue weighted by molar-refractivity contribution is 7.98. The maximum Gasteiger partial charge on any atom is 0.204 e. The van der Waals surface area contributed by atoms with Gasteiger partial charge in [-0.15, -0.1) is 0 Å². The van der Waals surface area contributed by atoms with Gasteiger partial charge in [-0.2, -0.15) is 17.0 Å². The number of nitrogens with one attached hydrogen (secondary N) is 2. The molecular formula is C23H29N5O2S. The van der Waals surface area contributed by atoms with Crippen molar-refractivity contribution in [1.29, 1.82) is 5.26 Å². The third-order valence-corrected chi connectivity index (χ3v) is 5.48. The van der Waals surface area contributed by atoms with Gasteiger partial charge in [-0.3, -0.25) is 10.3 Å². The van der Waals surface area contributed by atoms with Crippen LogP contribution in [0.15, 0.2) is 50.2 Å². The van der Waals surface area contributed by atoms with E-state index in [-0.39, 0.29) is 0 Å². The first-order valence-electron chi connectivity index (χ1n) is 10.3. The van der Waals surface area contributed by atoms with Crippen molar-refractivity contribution in [2.24, 2.45) is 4.99 Å². The van der Waals surface area contributed by atoms with Crippen LogP contribution in [0.1, 0.15) is 22.8 Å². The van der Waals surface area contributed by atoms with Crippen molar-refractivity contribution in [2.45, 2.75) is 25.6 Å². The number of fused-ring (bicyclic) bond motifs is 1. The molecule has 8 heteroatoms.